The molecule has 3 heterocycles. The number of nitrogens with zero attached hydrogens (tertiary/aromatic N) is 4. The molecular weight excluding hydrogens is 290 g/mol. The van der Waals surface area contributed by atoms with Crippen LogP contribution in [-0.4, -0.2) is 53.3 Å². The van der Waals surface area contributed by atoms with Crippen LogP contribution in [0.1, 0.15) is 31.9 Å². The van der Waals surface area contributed by atoms with Crippen molar-refractivity contribution in [3.63, 3.8) is 0 Å². The van der Waals surface area contributed by atoms with E-state index in [-0.39, 0.29) is 12.1 Å². The fourth-order valence-electron chi connectivity index (χ4n) is 3.21. The van der Waals surface area contributed by atoms with Crippen molar-refractivity contribution in [1.29, 1.82) is 0 Å². The lowest BCUT2D eigenvalue weighted by atomic mass is 10.1. The molecule has 0 spiro atoms. The van der Waals surface area contributed by atoms with Gasteiger partial charge in [0.15, 0.2) is 5.82 Å². The third-order valence-corrected chi connectivity index (χ3v) is 4.48. The molecule has 2 aliphatic heterocycles. The Hall–Kier alpha value is -2.11. The van der Waals surface area contributed by atoms with Crippen LogP contribution in [0.15, 0.2) is 23.8 Å². The Morgan fingerprint density at radius 1 is 1.26 bits per heavy atom. The normalized spacial score (nSPS) is 21.8. The molecule has 0 aromatic carbocycles. The van der Waals surface area contributed by atoms with Crippen molar-refractivity contribution in [2.75, 3.05) is 31.1 Å². The number of carbonyl (C=O) groups excluding carboxylic acids is 1. The molecule has 0 aliphatic carbocycles. The van der Waals surface area contributed by atoms with Gasteiger partial charge < -0.3 is 15.1 Å². The van der Waals surface area contributed by atoms with Crippen LogP contribution in [0.4, 0.5) is 10.6 Å². The number of hydrogen-bond donors (Lipinski definition) is 1. The number of aromatic nitrogens is 2. The summed E-state index contributed by atoms with van der Waals surface area (Å²) in [5.74, 6) is 0.895. The van der Waals surface area contributed by atoms with Crippen LogP contribution < -0.4 is 10.2 Å². The van der Waals surface area contributed by atoms with E-state index >= 15 is 0 Å². The van der Waals surface area contributed by atoms with E-state index in [0.29, 0.717) is 0 Å². The molecule has 1 saturated heterocycles. The SMILES string of the molecule is CC1=CCCN(C(=O)N[C@@H]2CCCN(c3ccc(C)nn3)C2)C1. The summed E-state index contributed by atoms with van der Waals surface area (Å²) < 4.78 is 0. The van der Waals surface area contributed by atoms with Gasteiger partial charge in [-0.05, 0) is 45.2 Å². The molecule has 0 unspecified atom stereocenters. The van der Waals surface area contributed by atoms with Gasteiger partial charge in [-0.25, -0.2) is 4.79 Å². The van der Waals surface area contributed by atoms with Crippen LogP contribution in [0.3, 0.4) is 0 Å². The van der Waals surface area contributed by atoms with Gasteiger partial charge in [0.05, 0.1) is 5.69 Å². The summed E-state index contributed by atoms with van der Waals surface area (Å²) in [4.78, 5) is 16.6. The van der Waals surface area contributed by atoms with Gasteiger partial charge in [-0.15, -0.1) is 5.10 Å². The first-order valence-electron chi connectivity index (χ1n) is 8.38. The van der Waals surface area contributed by atoms with Gasteiger partial charge in [0, 0.05) is 32.2 Å². The van der Waals surface area contributed by atoms with Crippen molar-refractivity contribution in [2.24, 2.45) is 0 Å². The molecule has 1 aromatic rings. The Morgan fingerprint density at radius 3 is 2.87 bits per heavy atom. The van der Waals surface area contributed by atoms with Gasteiger partial charge in [0.25, 0.3) is 0 Å². The molecule has 1 atom stereocenters. The standard InChI is InChI=1S/C17H25N5O/c1-13-5-3-10-22(11-13)17(23)18-15-6-4-9-21(12-15)16-8-7-14(2)19-20-16/h5,7-8,15H,3-4,6,9-12H2,1-2H3,(H,18,23)/t15-/m1/s1. The highest BCUT2D eigenvalue weighted by atomic mass is 16.2. The summed E-state index contributed by atoms with van der Waals surface area (Å²) in [7, 11) is 0. The molecule has 3 rings (SSSR count). The highest BCUT2D eigenvalue weighted by molar-refractivity contribution is 5.75. The zero-order valence-corrected chi connectivity index (χ0v) is 14.0. The maximum Gasteiger partial charge on any atom is 0.317 e. The number of carbonyl (C=O) groups is 1. The Morgan fingerprint density at radius 2 is 2.13 bits per heavy atom. The molecule has 124 valence electrons. The quantitative estimate of drug-likeness (QED) is 0.849. The lowest BCUT2D eigenvalue weighted by Crippen LogP contribution is -2.52. The maximum atomic E-state index is 12.4. The molecular formula is C17H25N5O. The monoisotopic (exact) mass is 315 g/mol. The summed E-state index contributed by atoms with van der Waals surface area (Å²) in [6.45, 7) is 7.33. The van der Waals surface area contributed by atoms with Crippen molar-refractivity contribution >= 4 is 11.8 Å². The minimum Gasteiger partial charge on any atom is -0.353 e. The van der Waals surface area contributed by atoms with Crippen molar-refractivity contribution in [3.8, 4) is 0 Å². The van der Waals surface area contributed by atoms with Crippen LogP contribution in [-0.2, 0) is 0 Å². The number of aryl methyl sites for hydroxylation is 1. The summed E-state index contributed by atoms with van der Waals surface area (Å²) >= 11 is 0. The van der Waals surface area contributed by atoms with Gasteiger partial charge in [-0.2, -0.15) is 5.10 Å². The minimum atomic E-state index is 0.0549. The summed E-state index contributed by atoms with van der Waals surface area (Å²) in [6, 6.07) is 4.21. The van der Waals surface area contributed by atoms with Crippen LogP contribution in [0.25, 0.3) is 0 Å². The number of amides is 2. The lowest BCUT2D eigenvalue weighted by Gasteiger charge is -2.35. The molecule has 2 amide bonds. The molecule has 23 heavy (non-hydrogen) atoms. The smallest absolute Gasteiger partial charge is 0.317 e. The molecule has 1 N–H and O–H groups in total. The first-order valence-corrected chi connectivity index (χ1v) is 8.38. The topological polar surface area (TPSA) is 61.4 Å². The van der Waals surface area contributed by atoms with E-state index in [1.54, 1.807) is 0 Å². The maximum absolute atomic E-state index is 12.4. The van der Waals surface area contributed by atoms with Gasteiger partial charge in [-0.3, -0.25) is 0 Å². The van der Waals surface area contributed by atoms with E-state index in [0.717, 1.165) is 57.0 Å². The van der Waals surface area contributed by atoms with Crippen molar-refractivity contribution < 1.29 is 4.79 Å². The highest BCUT2D eigenvalue weighted by Gasteiger charge is 2.25. The van der Waals surface area contributed by atoms with Crippen molar-refractivity contribution in [2.45, 2.75) is 39.2 Å². The summed E-state index contributed by atoms with van der Waals surface area (Å²) in [6.07, 6.45) is 5.24. The Kier molecular flexibility index (Phi) is 4.79. The number of rotatable bonds is 2. The second-order valence-electron chi connectivity index (χ2n) is 6.53. The van der Waals surface area contributed by atoms with Crippen molar-refractivity contribution in [1.82, 2.24) is 20.4 Å². The van der Waals surface area contributed by atoms with E-state index in [4.69, 9.17) is 0 Å². The fraction of sp³-hybridized carbons (Fsp3) is 0.588. The Bertz CT molecular complexity index is 583. The molecule has 1 fully saturated rings. The van der Waals surface area contributed by atoms with Crippen molar-refractivity contribution in [3.05, 3.63) is 29.5 Å². The molecule has 1 aromatic heterocycles. The van der Waals surface area contributed by atoms with Crippen LogP contribution in [0.2, 0.25) is 0 Å². The molecule has 6 heteroatoms. The Labute approximate surface area is 137 Å². The molecule has 0 saturated carbocycles. The first kappa shape index (κ1) is 15.8. The number of hydrogen-bond acceptors (Lipinski definition) is 4. The second kappa shape index (κ2) is 6.98. The lowest BCUT2D eigenvalue weighted by molar-refractivity contribution is 0.195. The predicted molar refractivity (Wildman–Crippen MR) is 90.5 cm³/mol. The number of piperidine rings is 1. The number of anilines is 1. The molecule has 2 aliphatic rings. The van der Waals surface area contributed by atoms with Gasteiger partial charge in [0.2, 0.25) is 0 Å². The van der Waals surface area contributed by atoms with E-state index < -0.39 is 0 Å². The third-order valence-electron chi connectivity index (χ3n) is 4.48. The zero-order chi connectivity index (χ0) is 16.2. The molecule has 0 bridgehead atoms. The van der Waals surface area contributed by atoms with Gasteiger partial charge in [-0.1, -0.05) is 11.6 Å². The van der Waals surface area contributed by atoms with Crippen LogP contribution in [0.5, 0.6) is 0 Å². The Balaban J connectivity index is 1.57. The third kappa shape index (κ3) is 4.00. The van der Waals surface area contributed by atoms with E-state index in [1.807, 2.05) is 24.0 Å². The first-order chi connectivity index (χ1) is 11.1. The highest BCUT2D eigenvalue weighted by Crippen LogP contribution is 2.18. The number of nitrogens with one attached hydrogen (secondary N) is 1. The van der Waals surface area contributed by atoms with E-state index in [1.165, 1.54) is 5.57 Å². The van der Waals surface area contributed by atoms with Crippen LogP contribution >= 0.6 is 0 Å². The largest absolute Gasteiger partial charge is 0.353 e. The minimum absolute atomic E-state index is 0.0549. The fourth-order valence-corrected chi connectivity index (χ4v) is 3.21. The van der Waals surface area contributed by atoms with Gasteiger partial charge in [0.1, 0.15) is 0 Å². The molecule has 0 radical (unpaired) electrons. The average Bonchev–Trinajstić information content (AvgIpc) is 2.56. The van der Waals surface area contributed by atoms with Crippen LogP contribution in [0, 0.1) is 6.92 Å². The predicted octanol–water partition coefficient (Wildman–Crippen LogP) is 2.12. The average molecular weight is 315 g/mol. The van der Waals surface area contributed by atoms with E-state index in [9.17, 15) is 4.79 Å². The zero-order valence-electron chi connectivity index (χ0n) is 14.0. The summed E-state index contributed by atoms with van der Waals surface area (Å²) in [5, 5.41) is 11.6. The van der Waals surface area contributed by atoms with Gasteiger partial charge >= 0.3 is 6.03 Å². The molecule has 6 nitrogen and oxygen atoms in total. The van der Waals surface area contributed by atoms with E-state index in [2.05, 4.69) is 33.4 Å². The number of urea groups is 1. The summed E-state index contributed by atoms with van der Waals surface area (Å²) in [5.41, 5.74) is 2.19. The second-order valence-corrected chi connectivity index (χ2v) is 6.53.